The molecular formula is C18H22ClNO4S. The van der Waals surface area contributed by atoms with Crippen LogP contribution in [0.15, 0.2) is 41.3 Å². The number of aliphatic hydroxyl groups is 1. The van der Waals surface area contributed by atoms with Gasteiger partial charge in [0.05, 0.1) is 7.11 Å². The molecule has 0 aliphatic heterocycles. The van der Waals surface area contributed by atoms with E-state index in [4.69, 9.17) is 16.3 Å². The van der Waals surface area contributed by atoms with Gasteiger partial charge in [-0.2, -0.15) is 0 Å². The lowest BCUT2D eigenvalue weighted by molar-refractivity contribution is 0.0627. The largest absolute Gasteiger partial charge is 0.495 e. The number of benzene rings is 2. The third kappa shape index (κ3) is 4.52. The average molecular weight is 384 g/mol. The van der Waals surface area contributed by atoms with Crippen molar-refractivity contribution in [1.82, 2.24) is 4.72 Å². The molecular weight excluding hydrogens is 362 g/mol. The maximum atomic E-state index is 12.7. The third-order valence-electron chi connectivity index (χ3n) is 4.14. The summed E-state index contributed by atoms with van der Waals surface area (Å²) < 4.78 is 33.0. The Labute approximate surface area is 153 Å². The van der Waals surface area contributed by atoms with Crippen LogP contribution in [0.4, 0.5) is 0 Å². The Hall–Kier alpha value is -1.60. The third-order valence-corrected chi connectivity index (χ3v) is 5.82. The molecule has 0 saturated heterocycles. The Kier molecular flexibility index (Phi) is 5.79. The minimum atomic E-state index is -3.85. The second-order valence-corrected chi connectivity index (χ2v) is 8.36. The van der Waals surface area contributed by atoms with Gasteiger partial charge in [-0.15, -0.1) is 0 Å². The number of sulfonamides is 1. The van der Waals surface area contributed by atoms with E-state index in [0.29, 0.717) is 10.6 Å². The van der Waals surface area contributed by atoms with Gasteiger partial charge in [-0.1, -0.05) is 23.7 Å². The van der Waals surface area contributed by atoms with Crippen LogP contribution in [0.3, 0.4) is 0 Å². The quantitative estimate of drug-likeness (QED) is 0.803. The lowest BCUT2D eigenvalue weighted by Crippen LogP contribution is -2.38. The average Bonchev–Trinajstić information content (AvgIpc) is 2.55. The smallest absolute Gasteiger partial charge is 0.244 e. The van der Waals surface area contributed by atoms with E-state index in [-0.39, 0.29) is 17.2 Å². The highest BCUT2D eigenvalue weighted by Gasteiger charge is 2.28. The summed E-state index contributed by atoms with van der Waals surface area (Å²) >= 11 is 5.85. The number of aryl methyl sites for hydroxylation is 2. The fourth-order valence-corrected chi connectivity index (χ4v) is 3.85. The predicted octanol–water partition coefficient (Wildman–Crippen LogP) is 3.15. The van der Waals surface area contributed by atoms with E-state index in [1.807, 2.05) is 13.8 Å². The Morgan fingerprint density at radius 2 is 1.72 bits per heavy atom. The Morgan fingerprint density at radius 1 is 1.16 bits per heavy atom. The highest BCUT2D eigenvalue weighted by molar-refractivity contribution is 7.89. The Balaban J connectivity index is 2.27. The zero-order chi connectivity index (χ0) is 18.8. The molecule has 0 aromatic heterocycles. The van der Waals surface area contributed by atoms with Gasteiger partial charge in [-0.3, -0.25) is 0 Å². The number of hydrogen-bond acceptors (Lipinski definition) is 4. The number of halogens is 1. The normalized spacial score (nSPS) is 14.2. The van der Waals surface area contributed by atoms with Crippen LogP contribution in [0.5, 0.6) is 5.75 Å². The van der Waals surface area contributed by atoms with Crippen molar-refractivity contribution in [3.8, 4) is 5.75 Å². The molecule has 5 nitrogen and oxygen atoms in total. The number of ether oxygens (including phenoxy) is 1. The topological polar surface area (TPSA) is 75.6 Å². The van der Waals surface area contributed by atoms with E-state index in [1.54, 1.807) is 36.4 Å². The molecule has 1 atom stereocenters. The molecule has 0 aliphatic rings. The first-order valence-electron chi connectivity index (χ1n) is 7.70. The number of hydrogen-bond donors (Lipinski definition) is 2. The van der Waals surface area contributed by atoms with Crippen molar-refractivity contribution in [2.75, 3.05) is 13.7 Å². The highest BCUT2D eigenvalue weighted by Crippen LogP contribution is 2.28. The van der Waals surface area contributed by atoms with Crippen LogP contribution in [0.2, 0.25) is 5.02 Å². The lowest BCUT2D eigenvalue weighted by atomic mass is 9.97. The van der Waals surface area contributed by atoms with Crippen molar-refractivity contribution in [1.29, 1.82) is 0 Å². The van der Waals surface area contributed by atoms with E-state index < -0.39 is 15.6 Å². The van der Waals surface area contributed by atoms with Crippen molar-refractivity contribution >= 4 is 21.6 Å². The summed E-state index contributed by atoms with van der Waals surface area (Å²) in [5, 5.41) is 11.2. The highest BCUT2D eigenvalue weighted by atomic mass is 35.5. The summed E-state index contributed by atoms with van der Waals surface area (Å²) in [5.41, 5.74) is 0.950. The van der Waals surface area contributed by atoms with E-state index >= 15 is 0 Å². The summed E-state index contributed by atoms with van der Waals surface area (Å²) in [5.74, 6) is 0.265. The van der Waals surface area contributed by atoms with Gasteiger partial charge in [0, 0.05) is 11.6 Å². The maximum Gasteiger partial charge on any atom is 0.244 e. The molecule has 0 amide bonds. The number of methoxy groups -OCH3 is 1. The fraction of sp³-hybridized carbons (Fsp3) is 0.333. The Bertz CT molecular complexity index is 861. The summed E-state index contributed by atoms with van der Waals surface area (Å²) in [7, 11) is -2.43. The van der Waals surface area contributed by atoms with Crippen molar-refractivity contribution in [3.63, 3.8) is 0 Å². The van der Waals surface area contributed by atoms with Gasteiger partial charge in [0.15, 0.2) is 0 Å². The lowest BCUT2D eigenvalue weighted by Gasteiger charge is -2.24. The zero-order valence-corrected chi connectivity index (χ0v) is 16.2. The van der Waals surface area contributed by atoms with E-state index in [1.165, 1.54) is 14.0 Å². The van der Waals surface area contributed by atoms with Gasteiger partial charge in [0.25, 0.3) is 0 Å². The van der Waals surface area contributed by atoms with Gasteiger partial charge < -0.3 is 9.84 Å². The Morgan fingerprint density at radius 3 is 2.28 bits per heavy atom. The first kappa shape index (κ1) is 19.7. The summed E-state index contributed by atoms with van der Waals surface area (Å²) in [6.07, 6.45) is 0. The SMILES string of the molecule is COc1cc(C)c(C)cc1S(=O)(=O)NCC(C)(O)c1ccc(Cl)cc1. The fourth-order valence-electron chi connectivity index (χ4n) is 2.36. The molecule has 1 unspecified atom stereocenters. The van der Waals surface area contributed by atoms with Crippen LogP contribution in [0.25, 0.3) is 0 Å². The standard InChI is InChI=1S/C18H22ClNO4S/c1-12-9-16(24-4)17(10-13(12)2)25(22,23)20-11-18(3,21)14-5-7-15(19)8-6-14/h5-10,20-21H,11H2,1-4H3. The van der Waals surface area contributed by atoms with Gasteiger partial charge in [-0.25, -0.2) is 13.1 Å². The van der Waals surface area contributed by atoms with Gasteiger partial charge in [-0.05, 0) is 61.7 Å². The van der Waals surface area contributed by atoms with E-state index in [0.717, 1.165) is 11.1 Å². The van der Waals surface area contributed by atoms with E-state index in [2.05, 4.69) is 4.72 Å². The summed E-state index contributed by atoms with van der Waals surface area (Å²) in [6, 6.07) is 9.85. The summed E-state index contributed by atoms with van der Waals surface area (Å²) in [6.45, 7) is 5.06. The van der Waals surface area contributed by atoms with Crippen molar-refractivity contribution in [2.24, 2.45) is 0 Å². The molecule has 0 spiro atoms. The maximum absolute atomic E-state index is 12.7. The second kappa shape index (κ2) is 7.33. The molecule has 0 aliphatic carbocycles. The summed E-state index contributed by atoms with van der Waals surface area (Å²) in [4.78, 5) is 0.0463. The molecule has 7 heteroatoms. The molecule has 0 radical (unpaired) electrons. The van der Waals surface area contributed by atoms with Crippen molar-refractivity contribution in [3.05, 3.63) is 58.1 Å². The van der Waals surface area contributed by atoms with Gasteiger partial charge in [0.2, 0.25) is 10.0 Å². The minimum Gasteiger partial charge on any atom is -0.495 e. The van der Waals surface area contributed by atoms with Crippen LogP contribution in [0.1, 0.15) is 23.6 Å². The van der Waals surface area contributed by atoms with Crippen LogP contribution in [-0.2, 0) is 15.6 Å². The molecule has 2 aromatic carbocycles. The van der Waals surface area contributed by atoms with E-state index in [9.17, 15) is 13.5 Å². The number of rotatable bonds is 6. The molecule has 0 fully saturated rings. The predicted molar refractivity (Wildman–Crippen MR) is 98.7 cm³/mol. The van der Waals surface area contributed by atoms with Crippen molar-refractivity contribution in [2.45, 2.75) is 31.3 Å². The molecule has 0 heterocycles. The molecule has 136 valence electrons. The van der Waals surface area contributed by atoms with Crippen molar-refractivity contribution < 1.29 is 18.3 Å². The molecule has 2 N–H and O–H groups in total. The molecule has 0 saturated carbocycles. The van der Waals surface area contributed by atoms with Crippen LogP contribution >= 0.6 is 11.6 Å². The van der Waals surface area contributed by atoms with Crippen LogP contribution in [0, 0.1) is 13.8 Å². The first-order valence-corrected chi connectivity index (χ1v) is 9.56. The first-order chi connectivity index (χ1) is 11.6. The minimum absolute atomic E-state index is 0.0463. The second-order valence-electron chi connectivity index (χ2n) is 6.19. The molecule has 0 bridgehead atoms. The molecule has 2 rings (SSSR count). The molecule has 25 heavy (non-hydrogen) atoms. The van der Waals surface area contributed by atoms with Crippen LogP contribution in [-0.4, -0.2) is 27.2 Å². The van der Waals surface area contributed by atoms with Gasteiger partial charge >= 0.3 is 0 Å². The zero-order valence-electron chi connectivity index (χ0n) is 14.6. The van der Waals surface area contributed by atoms with Gasteiger partial charge in [0.1, 0.15) is 16.2 Å². The monoisotopic (exact) mass is 383 g/mol. The number of nitrogens with one attached hydrogen (secondary N) is 1. The van der Waals surface area contributed by atoms with Crippen LogP contribution < -0.4 is 9.46 Å². The molecule has 2 aromatic rings.